The van der Waals surface area contributed by atoms with Gasteiger partial charge in [0.05, 0.1) is 19.9 Å². The fourth-order valence-electron chi connectivity index (χ4n) is 3.16. The van der Waals surface area contributed by atoms with Crippen molar-refractivity contribution in [3.05, 3.63) is 78.4 Å². The van der Waals surface area contributed by atoms with E-state index >= 15 is 0 Å². The predicted molar refractivity (Wildman–Crippen MR) is 111 cm³/mol. The first-order valence-electron chi connectivity index (χ1n) is 8.72. The maximum absolute atomic E-state index is 5.41. The number of aliphatic imine (C=N–C) groups is 1. The highest BCUT2D eigenvalue weighted by Crippen LogP contribution is 2.33. The van der Waals surface area contributed by atoms with Gasteiger partial charge in [-0.15, -0.1) is 0 Å². The molecule has 1 heterocycles. The van der Waals surface area contributed by atoms with E-state index in [9.17, 15) is 0 Å². The van der Waals surface area contributed by atoms with E-state index in [1.54, 1.807) is 14.2 Å². The number of benzene rings is 3. The largest absolute Gasteiger partial charge is 0.497 e. The van der Waals surface area contributed by atoms with Gasteiger partial charge in [-0.25, -0.2) is 0 Å². The van der Waals surface area contributed by atoms with Crippen LogP contribution in [0.1, 0.15) is 5.56 Å². The average Bonchev–Trinajstić information content (AvgIpc) is 3.10. The zero-order chi connectivity index (χ0) is 18.6. The number of rotatable bonds is 5. The van der Waals surface area contributed by atoms with E-state index in [-0.39, 0.29) is 0 Å². The Kier molecular flexibility index (Phi) is 4.62. The lowest BCUT2D eigenvalue weighted by Crippen LogP contribution is -1.87. The number of hydrogen-bond donors (Lipinski definition) is 1. The van der Waals surface area contributed by atoms with Crippen LogP contribution in [-0.4, -0.2) is 25.4 Å². The Morgan fingerprint density at radius 1 is 0.852 bits per heavy atom. The fourth-order valence-corrected chi connectivity index (χ4v) is 3.16. The molecule has 4 aromatic rings. The van der Waals surface area contributed by atoms with Gasteiger partial charge in [-0.3, -0.25) is 4.99 Å². The summed E-state index contributed by atoms with van der Waals surface area (Å²) in [7, 11) is 3.33. The van der Waals surface area contributed by atoms with Crippen LogP contribution in [0, 0.1) is 0 Å². The smallest absolute Gasteiger partial charge is 0.144 e. The molecule has 1 N–H and O–H groups in total. The molecule has 4 heteroatoms. The van der Waals surface area contributed by atoms with Crippen molar-refractivity contribution in [3.63, 3.8) is 0 Å². The Morgan fingerprint density at radius 2 is 1.63 bits per heavy atom. The number of aromatic amines is 1. The molecule has 0 bridgehead atoms. The first-order valence-corrected chi connectivity index (χ1v) is 8.72. The molecule has 0 atom stereocenters. The van der Waals surface area contributed by atoms with Gasteiger partial charge in [-0.1, -0.05) is 42.5 Å². The Morgan fingerprint density at radius 3 is 2.41 bits per heavy atom. The maximum Gasteiger partial charge on any atom is 0.144 e. The molecular formula is C23H20N2O2. The first-order chi connectivity index (χ1) is 13.3. The topological polar surface area (TPSA) is 46.6 Å². The third-order valence-corrected chi connectivity index (χ3v) is 4.53. The van der Waals surface area contributed by atoms with E-state index in [1.807, 2.05) is 66.9 Å². The number of nitrogens with zero attached hydrogens (tertiary/aromatic N) is 1. The van der Waals surface area contributed by atoms with Gasteiger partial charge in [0.25, 0.3) is 0 Å². The third-order valence-electron chi connectivity index (χ3n) is 4.53. The van der Waals surface area contributed by atoms with E-state index in [2.05, 4.69) is 17.1 Å². The predicted octanol–water partition coefficient (Wildman–Crippen LogP) is 5.60. The highest BCUT2D eigenvalue weighted by Gasteiger charge is 2.13. The molecule has 0 saturated carbocycles. The second-order valence-electron chi connectivity index (χ2n) is 6.12. The number of aromatic nitrogens is 1. The molecule has 4 rings (SSSR count). The van der Waals surface area contributed by atoms with Crippen molar-refractivity contribution in [2.45, 2.75) is 0 Å². The number of hydrogen-bond acceptors (Lipinski definition) is 3. The number of ether oxygens (including phenoxy) is 2. The number of para-hydroxylation sites is 2. The summed E-state index contributed by atoms with van der Waals surface area (Å²) in [6, 6.07) is 24.0. The molecule has 0 fully saturated rings. The van der Waals surface area contributed by atoms with E-state index in [0.717, 1.165) is 44.9 Å². The Bertz CT molecular complexity index is 1100. The lowest BCUT2D eigenvalue weighted by atomic mass is 10.1. The molecule has 0 aliphatic heterocycles. The van der Waals surface area contributed by atoms with Crippen LogP contribution in [0.3, 0.4) is 0 Å². The van der Waals surface area contributed by atoms with Gasteiger partial charge in [0.15, 0.2) is 0 Å². The van der Waals surface area contributed by atoms with Crippen LogP contribution in [0.4, 0.5) is 5.69 Å². The number of methoxy groups -OCH3 is 2. The van der Waals surface area contributed by atoms with E-state index in [4.69, 9.17) is 14.5 Å². The highest BCUT2D eigenvalue weighted by atomic mass is 16.5. The Labute approximate surface area is 158 Å². The quantitative estimate of drug-likeness (QED) is 0.473. The minimum atomic E-state index is 0.743. The van der Waals surface area contributed by atoms with Crippen molar-refractivity contribution >= 4 is 22.8 Å². The monoisotopic (exact) mass is 356 g/mol. The Balaban J connectivity index is 1.90. The molecule has 27 heavy (non-hydrogen) atoms. The van der Waals surface area contributed by atoms with Gasteiger partial charge < -0.3 is 14.5 Å². The van der Waals surface area contributed by atoms with Crippen molar-refractivity contribution in [3.8, 4) is 22.8 Å². The second kappa shape index (κ2) is 7.38. The summed E-state index contributed by atoms with van der Waals surface area (Å²) < 4.78 is 10.8. The minimum Gasteiger partial charge on any atom is -0.497 e. The van der Waals surface area contributed by atoms with Crippen LogP contribution >= 0.6 is 0 Å². The fraction of sp³-hybridized carbons (Fsp3) is 0.0870. The molecule has 1 aromatic heterocycles. The van der Waals surface area contributed by atoms with Gasteiger partial charge in [-0.05, 0) is 35.9 Å². The average molecular weight is 356 g/mol. The lowest BCUT2D eigenvalue weighted by molar-refractivity contribution is 0.415. The molecule has 0 unspecified atom stereocenters. The summed E-state index contributed by atoms with van der Waals surface area (Å²) in [6.45, 7) is 0. The zero-order valence-electron chi connectivity index (χ0n) is 15.3. The Hall–Kier alpha value is -3.53. The number of H-pyrrole nitrogens is 1. The van der Waals surface area contributed by atoms with Gasteiger partial charge in [0.1, 0.15) is 17.2 Å². The van der Waals surface area contributed by atoms with Crippen molar-refractivity contribution in [1.29, 1.82) is 0 Å². The van der Waals surface area contributed by atoms with Crippen LogP contribution in [0.25, 0.3) is 22.2 Å². The van der Waals surface area contributed by atoms with Gasteiger partial charge in [-0.2, -0.15) is 0 Å². The second-order valence-corrected chi connectivity index (χ2v) is 6.12. The van der Waals surface area contributed by atoms with Crippen molar-refractivity contribution in [2.75, 3.05) is 14.2 Å². The summed E-state index contributed by atoms with van der Waals surface area (Å²) in [5.74, 6) is 1.56. The molecule has 0 amide bonds. The van der Waals surface area contributed by atoms with Crippen LogP contribution < -0.4 is 9.47 Å². The zero-order valence-corrected chi connectivity index (χ0v) is 15.3. The minimum absolute atomic E-state index is 0.743. The molecule has 0 aliphatic carbocycles. The maximum atomic E-state index is 5.41. The molecule has 0 radical (unpaired) electrons. The van der Waals surface area contributed by atoms with E-state index < -0.39 is 0 Å². The number of fused-ring (bicyclic) bond motifs is 1. The van der Waals surface area contributed by atoms with Crippen LogP contribution in [0.15, 0.2) is 77.8 Å². The van der Waals surface area contributed by atoms with Gasteiger partial charge in [0, 0.05) is 22.7 Å². The summed E-state index contributed by atoms with van der Waals surface area (Å²) >= 11 is 0. The highest BCUT2D eigenvalue weighted by molar-refractivity contribution is 6.07. The standard InChI is InChI=1S/C23H20N2O2/c1-26-17-12-13-20-18(14-17)19(23(25-20)16-8-4-3-5-9-16)15-24-21-10-6-7-11-22(21)27-2/h3-15,25H,1-2H3. The third kappa shape index (κ3) is 3.29. The molecule has 134 valence electrons. The molecule has 0 saturated heterocycles. The summed E-state index contributed by atoms with van der Waals surface area (Å²) in [5.41, 5.74) is 4.97. The van der Waals surface area contributed by atoms with Gasteiger partial charge in [0.2, 0.25) is 0 Å². The van der Waals surface area contributed by atoms with Crippen molar-refractivity contribution in [1.82, 2.24) is 4.98 Å². The van der Waals surface area contributed by atoms with Crippen LogP contribution in [-0.2, 0) is 0 Å². The SMILES string of the molecule is COc1ccc2[nH]c(-c3ccccc3)c(C=Nc3ccccc3OC)c2c1. The van der Waals surface area contributed by atoms with Gasteiger partial charge >= 0.3 is 0 Å². The summed E-state index contributed by atoms with van der Waals surface area (Å²) in [5, 5.41) is 1.06. The van der Waals surface area contributed by atoms with Crippen molar-refractivity contribution < 1.29 is 9.47 Å². The van der Waals surface area contributed by atoms with E-state index in [1.165, 1.54) is 0 Å². The lowest BCUT2D eigenvalue weighted by Gasteiger charge is -2.04. The molecule has 4 nitrogen and oxygen atoms in total. The van der Waals surface area contributed by atoms with Crippen LogP contribution in [0.5, 0.6) is 11.5 Å². The number of nitrogens with one attached hydrogen (secondary N) is 1. The van der Waals surface area contributed by atoms with Crippen molar-refractivity contribution in [2.24, 2.45) is 4.99 Å². The van der Waals surface area contributed by atoms with E-state index in [0.29, 0.717) is 0 Å². The normalized spacial score (nSPS) is 11.2. The van der Waals surface area contributed by atoms with Crippen LogP contribution in [0.2, 0.25) is 0 Å². The molecular weight excluding hydrogens is 336 g/mol. The molecule has 0 aliphatic rings. The molecule has 3 aromatic carbocycles. The first kappa shape index (κ1) is 16.9. The molecule has 0 spiro atoms. The summed E-state index contributed by atoms with van der Waals surface area (Å²) in [6.07, 6.45) is 1.89. The summed E-state index contributed by atoms with van der Waals surface area (Å²) in [4.78, 5) is 8.22.